The minimum Gasteiger partial charge on any atom is -0.493 e. The van der Waals surface area contributed by atoms with Crippen LogP contribution in [0.25, 0.3) is 0 Å². The quantitative estimate of drug-likeness (QED) is 0.493. The van der Waals surface area contributed by atoms with Gasteiger partial charge in [-0.25, -0.2) is 0 Å². The van der Waals surface area contributed by atoms with Crippen molar-refractivity contribution in [3.63, 3.8) is 0 Å². The zero-order valence-electron chi connectivity index (χ0n) is 18.5. The van der Waals surface area contributed by atoms with Crippen LogP contribution in [0.3, 0.4) is 0 Å². The van der Waals surface area contributed by atoms with Crippen molar-refractivity contribution in [1.82, 2.24) is 0 Å². The van der Waals surface area contributed by atoms with Gasteiger partial charge in [0.15, 0.2) is 29.1 Å². The van der Waals surface area contributed by atoms with E-state index in [-0.39, 0.29) is 5.75 Å². The topological polar surface area (TPSA) is 95.8 Å². The molecular weight excluding hydrogens is 404 g/mol. The van der Waals surface area contributed by atoms with E-state index in [1.807, 2.05) is 0 Å². The van der Waals surface area contributed by atoms with Gasteiger partial charge in [-0.05, 0) is 36.2 Å². The predicted molar refractivity (Wildman–Crippen MR) is 116 cm³/mol. The molecule has 31 heavy (non-hydrogen) atoms. The number of benzene rings is 2. The molecule has 0 heterocycles. The van der Waals surface area contributed by atoms with Gasteiger partial charge in [-0.15, -0.1) is 6.58 Å². The summed E-state index contributed by atoms with van der Waals surface area (Å²) >= 11 is 0. The predicted octanol–water partition coefficient (Wildman–Crippen LogP) is 2.93. The van der Waals surface area contributed by atoms with Crippen LogP contribution in [0.1, 0.15) is 17.2 Å². The highest BCUT2D eigenvalue weighted by molar-refractivity contribution is 5.56. The van der Waals surface area contributed by atoms with Crippen LogP contribution in [0.2, 0.25) is 0 Å². The molecule has 0 fully saturated rings. The van der Waals surface area contributed by atoms with Crippen molar-refractivity contribution >= 4 is 0 Å². The Morgan fingerprint density at radius 1 is 0.806 bits per heavy atom. The summed E-state index contributed by atoms with van der Waals surface area (Å²) in [6.07, 6.45) is 0.128. The highest BCUT2D eigenvalue weighted by Crippen LogP contribution is 2.45. The second-order valence-electron chi connectivity index (χ2n) is 6.57. The lowest BCUT2D eigenvalue weighted by Gasteiger charge is -2.27. The first-order chi connectivity index (χ1) is 15.0. The van der Waals surface area contributed by atoms with Crippen molar-refractivity contribution in [2.24, 2.45) is 0 Å². The van der Waals surface area contributed by atoms with Gasteiger partial charge in [0.2, 0.25) is 11.5 Å². The van der Waals surface area contributed by atoms with Gasteiger partial charge in [0.1, 0.15) is 6.10 Å². The number of ether oxygens (including phenoxy) is 6. The maximum absolute atomic E-state index is 10.6. The van der Waals surface area contributed by atoms with Gasteiger partial charge >= 0.3 is 0 Å². The second-order valence-corrected chi connectivity index (χ2v) is 6.57. The van der Waals surface area contributed by atoms with E-state index in [1.165, 1.54) is 35.5 Å². The van der Waals surface area contributed by atoms with Crippen molar-refractivity contribution in [2.45, 2.75) is 18.6 Å². The molecule has 2 aromatic carbocycles. The molecule has 2 rings (SSSR count). The third-order valence-electron chi connectivity index (χ3n) is 4.70. The van der Waals surface area contributed by atoms with Crippen molar-refractivity contribution in [1.29, 1.82) is 0 Å². The molecule has 170 valence electrons. The SMILES string of the molecule is C=CCc1cc(OC)c(O[C@H](c2cc(OC)c(OC)c(OC)c2)[C@@H](O)CO)c(OC)c1. The van der Waals surface area contributed by atoms with Gasteiger partial charge in [-0.3, -0.25) is 0 Å². The molecule has 0 aliphatic carbocycles. The smallest absolute Gasteiger partial charge is 0.204 e. The summed E-state index contributed by atoms with van der Waals surface area (Å²) in [6, 6.07) is 6.90. The maximum atomic E-state index is 10.6. The van der Waals surface area contributed by atoms with E-state index in [4.69, 9.17) is 28.4 Å². The number of hydrogen-bond donors (Lipinski definition) is 2. The Hall–Kier alpha value is -3.10. The molecule has 0 aromatic heterocycles. The van der Waals surface area contributed by atoms with Gasteiger partial charge in [-0.2, -0.15) is 0 Å². The number of aliphatic hydroxyl groups excluding tert-OH is 2. The Kier molecular flexibility index (Phi) is 8.84. The van der Waals surface area contributed by atoms with E-state index in [1.54, 1.807) is 30.3 Å². The molecule has 2 N–H and O–H groups in total. The van der Waals surface area contributed by atoms with Crippen molar-refractivity contribution < 1.29 is 38.6 Å². The van der Waals surface area contributed by atoms with Gasteiger partial charge < -0.3 is 38.6 Å². The Morgan fingerprint density at radius 2 is 1.29 bits per heavy atom. The molecule has 0 bridgehead atoms. The lowest BCUT2D eigenvalue weighted by Crippen LogP contribution is -2.27. The largest absolute Gasteiger partial charge is 0.493 e. The summed E-state index contributed by atoms with van der Waals surface area (Å²) in [5.41, 5.74) is 1.42. The lowest BCUT2D eigenvalue weighted by molar-refractivity contribution is -0.00406. The number of hydrogen-bond acceptors (Lipinski definition) is 8. The molecule has 0 unspecified atom stereocenters. The van der Waals surface area contributed by atoms with Crippen LogP contribution in [0, 0.1) is 0 Å². The van der Waals surface area contributed by atoms with Crippen LogP contribution in [-0.4, -0.2) is 58.5 Å². The third kappa shape index (κ3) is 5.34. The molecule has 0 aliphatic heterocycles. The fourth-order valence-corrected chi connectivity index (χ4v) is 3.19. The van der Waals surface area contributed by atoms with Crippen LogP contribution in [0.15, 0.2) is 36.9 Å². The molecule has 0 amide bonds. The fourth-order valence-electron chi connectivity index (χ4n) is 3.19. The lowest BCUT2D eigenvalue weighted by atomic mass is 10.0. The molecule has 8 heteroatoms. The summed E-state index contributed by atoms with van der Waals surface area (Å²) in [5, 5.41) is 20.2. The number of allylic oxidation sites excluding steroid dienone is 1. The summed E-state index contributed by atoms with van der Waals surface area (Å²) < 4.78 is 33.3. The molecule has 0 radical (unpaired) electrons. The van der Waals surface area contributed by atoms with E-state index >= 15 is 0 Å². The first kappa shape index (κ1) is 24.2. The van der Waals surface area contributed by atoms with E-state index in [0.717, 1.165) is 5.56 Å². The number of aliphatic hydroxyl groups is 2. The first-order valence-corrected chi connectivity index (χ1v) is 9.59. The van der Waals surface area contributed by atoms with Crippen LogP contribution in [-0.2, 0) is 6.42 Å². The molecule has 0 saturated heterocycles. The highest BCUT2D eigenvalue weighted by atomic mass is 16.6. The van der Waals surface area contributed by atoms with Gasteiger partial charge in [0, 0.05) is 5.56 Å². The van der Waals surface area contributed by atoms with Crippen molar-refractivity contribution in [3.8, 4) is 34.5 Å². The monoisotopic (exact) mass is 434 g/mol. The normalized spacial score (nSPS) is 12.5. The van der Waals surface area contributed by atoms with Crippen molar-refractivity contribution in [2.75, 3.05) is 42.2 Å². The molecule has 2 atom stereocenters. The van der Waals surface area contributed by atoms with Crippen LogP contribution >= 0.6 is 0 Å². The van der Waals surface area contributed by atoms with E-state index in [2.05, 4.69) is 6.58 Å². The minimum absolute atomic E-state index is 0.282. The number of methoxy groups -OCH3 is 5. The third-order valence-corrected chi connectivity index (χ3v) is 4.70. The van der Waals surface area contributed by atoms with Crippen LogP contribution in [0.4, 0.5) is 0 Å². The van der Waals surface area contributed by atoms with E-state index < -0.39 is 18.8 Å². The van der Waals surface area contributed by atoms with Crippen LogP contribution in [0.5, 0.6) is 34.5 Å². The molecule has 0 aliphatic rings. The average Bonchev–Trinajstić information content (AvgIpc) is 2.81. The average molecular weight is 434 g/mol. The summed E-state index contributed by atoms with van der Waals surface area (Å²) in [4.78, 5) is 0. The van der Waals surface area contributed by atoms with Crippen molar-refractivity contribution in [3.05, 3.63) is 48.0 Å². The summed E-state index contributed by atoms with van der Waals surface area (Å²) in [7, 11) is 7.50. The molecular formula is C23H30O8. The fraction of sp³-hybridized carbons (Fsp3) is 0.391. The highest BCUT2D eigenvalue weighted by Gasteiger charge is 2.29. The maximum Gasteiger partial charge on any atom is 0.204 e. The summed E-state index contributed by atoms with van der Waals surface area (Å²) in [6.45, 7) is 3.21. The minimum atomic E-state index is -1.26. The zero-order valence-corrected chi connectivity index (χ0v) is 18.5. The molecule has 2 aromatic rings. The van der Waals surface area contributed by atoms with E-state index in [9.17, 15) is 10.2 Å². The molecule has 0 saturated carbocycles. The molecule has 0 spiro atoms. The standard InChI is InChI=1S/C23H30O8/c1-7-8-14-9-17(26-2)23(18(10-14)27-3)31-21(16(25)13-24)15-11-19(28-4)22(30-6)20(12-15)29-5/h7,9-12,16,21,24-25H,1,8,13H2,2-6H3/t16-,21+/m0/s1. The second kappa shape index (κ2) is 11.3. The Bertz CT molecular complexity index is 830. The van der Waals surface area contributed by atoms with Crippen LogP contribution < -0.4 is 28.4 Å². The van der Waals surface area contributed by atoms with E-state index in [0.29, 0.717) is 40.7 Å². The Labute approximate surface area is 182 Å². The Morgan fingerprint density at radius 3 is 1.68 bits per heavy atom. The summed E-state index contributed by atoms with van der Waals surface area (Å²) in [5.74, 6) is 2.28. The van der Waals surface area contributed by atoms with Gasteiger partial charge in [-0.1, -0.05) is 6.08 Å². The van der Waals surface area contributed by atoms with Gasteiger partial charge in [0.05, 0.1) is 42.2 Å². The first-order valence-electron chi connectivity index (χ1n) is 9.59. The molecule has 8 nitrogen and oxygen atoms in total. The Balaban J connectivity index is 2.61. The van der Waals surface area contributed by atoms with Gasteiger partial charge in [0.25, 0.3) is 0 Å². The zero-order chi connectivity index (χ0) is 23.0. The number of rotatable bonds is 12.